The normalized spacial score (nSPS) is 21.6. The van der Waals surface area contributed by atoms with Gasteiger partial charge in [-0.05, 0) is 30.5 Å². The lowest BCUT2D eigenvalue weighted by Gasteiger charge is -2.08. The van der Waals surface area contributed by atoms with Gasteiger partial charge in [0.1, 0.15) is 5.82 Å². The van der Waals surface area contributed by atoms with Crippen LogP contribution in [0.2, 0.25) is 0 Å². The number of hydrogen-bond donors (Lipinski definition) is 2. The molecule has 0 amide bonds. The Hall–Kier alpha value is -1.42. The third-order valence-corrected chi connectivity index (χ3v) is 4.52. The first-order chi connectivity index (χ1) is 8.94. The van der Waals surface area contributed by atoms with Gasteiger partial charge in [-0.1, -0.05) is 18.8 Å². The predicted octanol–water partition coefficient (Wildman–Crippen LogP) is 0.823. The van der Waals surface area contributed by atoms with Crippen molar-refractivity contribution in [2.24, 2.45) is 11.7 Å². The summed E-state index contributed by atoms with van der Waals surface area (Å²) in [6.45, 7) is 2.05. The van der Waals surface area contributed by atoms with Crippen molar-refractivity contribution in [3.05, 3.63) is 29.6 Å². The molecule has 0 bridgehead atoms. The Morgan fingerprint density at radius 2 is 2.21 bits per heavy atom. The summed E-state index contributed by atoms with van der Waals surface area (Å²) in [6, 6.07) is 3.41. The van der Waals surface area contributed by atoms with E-state index >= 15 is 0 Å². The van der Waals surface area contributed by atoms with E-state index in [2.05, 4.69) is 16.6 Å². The number of sulfonamides is 1. The Morgan fingerprint density at radius 3 is 2.79 bits per heavy atom. The molecular formula is C13H15FN2O2S. The second-order valence-electron chi connectivity index (χ2n) is 4.59. The quantitative estimate of drug-likeness (QED) is 0.806. The van der Waals surface area contributed by atoms with Crippen LogP contribution in [0.25, 0.3) is 0 Å². The molecule has 1 aliphatic rings. The lowest BCUT2D eigenvalue weighted by molar-refractivity contribution is 0.577. The van der Waals surface area contributed by atoms with Crippen molar-refractivity contribution in [1.29, 1.82) is 0 Å². The van der Waals surface area contributed by atoms with Gasteiger partial charge in [0.2, 0.25) is 10.0 Å². The molecule has 1 aliphatic carbocycles. The first-order valence-electron chi connectivity index (χ1n) is 5.95. The van der Waals surface area contributed by atoms with E-state index in [1.807, 2.05) is 6.92 Å². The average Bonchev–Trinajstić information content (AvgIpc) is 3.01. The topological polar surface area (TPSA) is 72.2 Å². The van der Waals surface area contributed by atoms with Gasteiger partial charge in [-0.3, -0.25) is 0 Å². The van der Waals surface area contributed by atoms with Gasteiger partial charge in [0, 0.05) is 11.6 Å². The molecule has 1 aromatic carbocycles. The van der Waals surface area contributed by atoms with Gasteiger partial charge >= 0.3 is 0 Å². The summed E-state index contributed by atoms with van der Waals surface area (Å²) in [5, 5.41) is 0. The van der Waals surface area contributed by atoms with E-state index in [9.17, 15) is 12.8 Å². The van der Waals surface area contributed by atoms with E-state index in [1.54, 1.807) is 0 Å². The average molecular weight is 282 g/mol. The number of benzene rings is 1. The molecule has 1 fully saturated rings. The van der Waals surface area contributed by atoms with Crippen molar-refractivity contribution in [3.8, 4) is 11.8 Å². The zero-order valence-corrected chi connectivity index (χ0v) is 11.3. The van der Waals surface area contributed by atoms with Gasteiger partial charge in [-0.2, -0.15) is 0 Å². The molecule has 1 saturated carbocycles. The Kier molecular flexibility index (Phi) is 3.90. The van der Waals surface area contributed by atoms with Crippen LogP contribution in [0.15, 0.2) is 23.1 Å². The van der Waals surface area contributed by atoms with Crippen molar-refractivity contribution in [2.75, 3.05) is 6.54 Å². The number of rotatable bonds is 3. The van der Waals surface area contributed by atoms with Crippen LogP contribution in [0, 0.1) is 23.6 Å². The summed E-state index contributed by atoms with van der Waals surface area (Å²) in [7, 11) is -3.67. The van der Waals surface area contributed by atoms with E-state index < -0.39 is 15.8 Å². The fourth-order valence-corrected chi connectivity index (χ4v) is 3.23. The molecule has 0 saturated heterocycles. The predicted molar refractivity (Wildman–Crippen MR) is 70.2 cm³/mol. The number of halogens is 1. The molecule has 1 aromatic rings. The fraction of sp³-hybridized carbons (Fsp3) is 0.385. The van der Waals surface area contributed by atoms with E-state index in [1.165, 1.54) is 6.07 Å². The number of hydrogen-bond acceptors (Lipinski definition) is 3. The summed E-state index contributed by atoms with van der Waals surface area (Å²) in [4.78, 5) is -0.00560. The molecule has 0 heterocycles. The van der Waals surface area contributed by atoms with Crippen LogP contribution < -0.4 is 10.5 Å². The van der Waals surface area contributed by atoms with Gasteiger partial charge in [0.25, 0.3) is 0 Å². The van der Waals surface area contributed by atoms with Gasteiger partial charge in [-0.25, -0.2) is 17.5 Å². The molecule has 0 aromatic heterocycles. The Bertz CT molecular complexity index is 646. The van der Waals surface area contributed by atoms with Crippen molar-refractivity contribution < 1.29 is 12.8 Å². The third-order valence-electron chi connectivity index (χ3n) is 2.97. The van der Waals surface area contributed by atoms with Gasteiger partial charge in [0.05, 0.1) is 11.4 Å². The molecular weight excluding hydrogens is 267 g/mol. The van der Waals surface area contributed by atoms with Crippen molar-refractivity contribution in [1.82, 2.24) is 4.72 Å². The molecule has 0 radical (unpaired) electrons. The van der Waals surface area contributed by atoms with E-state index in [-0.39, 0.29) is 23.0 Å². The minimum Gasteiger partial charge on any atom is -0.320 e. The molecule has 0 aliphatic heterocycles. The minimum absolute atomic E-state index is 0.00560. The van der Waals surface area contributed by atoms with E-state index in [0.29, 0.717) is 5.92 Å². The zero-order valence-electron chi connectivity index (χ0n) is 10.5. The van der Waals surface area contributed by atoms with Crippen LogP contribution in [0.3, 0.4) is 0 Å². The van der Waals surface area contributed by atoms with Crippen LogP contribution in [0.4, 0.5) is 4.39 Å². The standard InChI is InChI=1S/C13H15FN2O2S/c1-9-7-12(9)16-19(17,18)13-5-4-11(14)8-10(13)3-2-6-15/h4-5,8-9,12,16H,6-7,15H2,1H3. The highest BCUT2D eigenvalue weighted by atomic mass is 32.2. The monoisotopic (exact) mass is 282 g/mol. The second kappa shape index (κ2) is 5.29. The molecule has 0 spiro atoms. The Balaban J connectivity index is 2.37. The zero-order chi connectivity index (χ0) is 14.0. The molecule has 19 heavy (non-hydrogen) atoms. The lowest BCUT2D eigenvalue weighted by Crippen LogP contribution is -2.27. The van der Waals surface area contributed by atoms with Crippen LogP contribution in [-0.2, 0) is 10.0 Å². The highest BCUT2D eigenvalue weighted by Crippen LogP contribution is 2.31. The van der Waals surface area contributed by atoms with Gasteiger partial charge in [0.15, 0.2) is 0 Å². The molecule has 3 N–H and O–H groups in total. The molecule has 2 rings (SSSR count). The van der Waals surface area contributed by atoms with Crippen molar-refractivity contribution in [2.45, 2.75) is 24.3 Å². The summed E-state index contributed by atoms with van der Waals surface area (Å²) >= 11 is 0. The number of nitrogens with one attached hydrogen (secondary N) is 1. The molecule has 2 unspecified atom stereocenters. The first kappa shape index (κ1) is 14.0. The highest BCUT2D eigenvalue weighted by Gasteiger charge is 2.36. The smallest absolute Gasteiger partial charge is 0.242 e. The van der Waals surface area contributed by atoms with E-state index in [0.717, 1.165) is 18.6 Å². The lowest BCUT2D eigenvalue weighted by atomic mass is 10.2. The maximum Gasteiger partial charge on any atom is 0.242 e. The molecule has 6 heteroatoms. The SMILES string of the molecule is CC1CC1NS(=O)(=O)c1ccc(F)cc1C#CCN. The minimum atomic E-state index is -3.67. The largest absolute Gasteiger partial charge is 0.320 e. The summed E-state index contributed by atoms with van der Waals surface area (Å²) in [5.41, 5.74) is 5.38. The Morgan fingerprint density at radius 1 is 1.53 bits per heavy atom. The Labute approximate surface area is 112 Å². The van der Waals surface area contributed by atoms with Crippen molar-refractivity contribution >= 4 is 10.0 Å². The first-order valence-corrected chi connectivity index (χ1v) is 7.43. The molecule has 4 nitrogen and oxygen atoms in total. The summed E-state index contributed by atoms with van der Waals surface area (Å²) < 4.78 is 40.2. The van der Waals surface area contributed by atoms with Crippen LogP contribution in [-0.4, -0.2) is 21.0 Å². The van der Waals surface area contributed by atoms with Crippen LogP contribution >= 0.6 is 0 Å². The fourth-order valence-electron chi connectivity index (χ4n) is 1.73. The van der Waals surface area contributed by atoms with Gasteiger partial charge < -0.3 is 5.73 Å². The molecule has 2 atom stereocenters. The summed E-state index contributed by atoms with van der Waals surface area (Å²) in [5.74, 6) is 4.95. The highest BCUT2D eigenvalue weighted by molar-refractivity contribution is 7.89. The van der Waals surface area contributed by atoms with Gasteiger partial charge in [-0.15, -0.1) is 0 Å². The van der Waals surface area contributed by atoms with Crippen LogP contribution in [0.5, 0.6) is 0 Å². The molecule has 102 valence electrons. The van der Waals surface area contributed by atoms with Crippen molar-refractivity contribution in [3.63, 3.8) is 0 Å². The maximum absolute atomic E-state index is 13.2. The summed E-state index contributed by atoms with van der Waals surface area (Å²) in [6.07, 6.45) is 0.824. The number of nitrogens with two attached hydrogens (primary N) is 1. The van der Waals surface area contributed by atoms with E-state index in [4.69, 9.17) is 5.73 Å². The van der Waals surface area contributed by atoms with Crippen LogP contribution in [0.1, 0.15) is 18.9 Å². The second-order valence-corrected chi connectivity index (χ2v) is 6.27. The third kappa shape index (κ3) is 3.32. The maximum atomic E-state index is 13.2.